The summed E-state index contributed by atoms with van der Waals surface area (Å²) in [4.78, 5) is 4.04. The molecule has 16 heavy (non-hydrogen) atoms. The fourth-order valence-corrected chi connectivity index (χ4v) is 2.60. The molecule has 4 nitrogen and oxygen atoms in total. The van der Waals surface area contributed by atoms with Gasteiger partial charge in [-0.3, -0.25) is 0 Å². The number of ether oxygens (including phenoxy) is 1. The predicted molar refractivity (Wildman–Crippen MR) is 58.9 cm³/mol. The molecule has 2 aliphatic heterocycles. The highest BCUT2D eigenvalue weighted by atomic mass is 16.5. The SMILES string of the molecule is N#Cc1ncccc1NC1CC2CCC1O2. The van der Waals surface area contributed by atoms with Crippen LogP contribution in [0, 0.1) is 11.3 Å². The zero-order chi connectivity index (χ0) is 11.0. The summed E-state index contributed by atoms with van der Waals surface area (Å²) in [7, 11) is 0. The highest BCUT2D eigenvalue weighted by molar-refractivity contribution is 5.54. The molecule has 3 heterocycles. The molecule has 1 aromatic rings. The lowest BCUT2D eigenvalue weighted by molar-refractivity contribution is 0.102. The van der Waals surface area contributed by atoms with Gasteiger partial charge in [-0.25, -0.2) is 4.98 Å². The maximum absolute atomic E-state index is 8.94. The Morgan fingerprint density at radius 2 is 2.44 bits per heavy atom. The fraction of sp³-hybridized carbons (Fsp3) is 0.500. The fourth-order valence-electron chi connectivity index (χ4n) is 2.60. The first-order valence-corrected chi connectivity index (χ1v) is 5.64. The van der Waals surface area contributed by atoms with Gasteiger partial charge >= 0.3 is 0 Å². The van der Waals surface area contributed by atoms with E-state index in [1.54, 1.807) is 6.20 Å². The summed E-state index contributed by atoms with van der Waals surface area (Å²) in [6.07, 6.45) is 5.73. The van der Waals surface area contributed by atoms with Crippen LogP contribution in [-0.4, -0.2) is 23.2 Å². The summed E-state index contributed by atoms with van der Waals surface area (Å²) in [5, 5.41) is 12.3. The van der Waals surface area contributed by atoms with Crippen LogP contribution in [0.3, 0.4) is 0 Å². The van der Waals surface area contributed by atoms with Crippen LogP contribution >= 0.6 is 0 Å². The van der Waals surface area contributed by atoms with Gasteiger partial charge in [0.15, 0.2) is 5.69 Å². The lowest BCUT2D eigenvalue weighted by atomic mass is 9.95. The summed E-state index contributed by atoms with van der Waals surface area (Å²) >= 11 is 0. The van der Waals surface area contributed by atoms with Crippen molar-refractivity contribution in [2.75, 3.05) is 5.32 Å². The third kappa shape index (κ3) is 1.54. The second kappa shape index (κ2) is 3.76. The van der Waals surface area contributed by atoms with Crippen LogP contribution in [0.1, 0.15) is 25.0 Å². The summed E-state index contributed by atoms with van der Waals surface area (Å²) in [6, 6.07) is 6.19. The molecular formula is C12H13N3O. The van der Waals surface area contributed by atoms with Crippen LogP contribution in [0.15, 0.2) is 18.3 Å². The van der Waals surface area contributed by atoms with Crippen LogP contribution in [0.4, 0.5) is 5.69 Å². The average Bonchev–Trinajstić information content (AvgIpc) is 2.92. The first kappa shape index (κ1) is 9.61. The standard InChI is InChI=1S/C12H13N3O/c13-7-11-9(2-1-5-14-11)15-10-6-8-3-4-12(10)16-8/h1-2,5,8,10,12,15H,3-4,6H2. The summed E-state index contributed by atoms with van der Waals surface area (Å²) < 4.78 is 5.76. The van der Waals surface area contributed by atoms with Crippen molar-refractivity contribution < 1.29 is 4.74 Å². The molecule has 3 rings (SSSR count). The van der Waals surface area contributed by atoms with Crippen LogP contribution in [0.2, 0.25) is 0 Å². The van der Waals surface area contributed by atoms with Crippen molar-refractivity contribution in [1.29, 1.82) is 5.26 Å². The molecule has 82 valence electrons. The van der Waals surface area contributed by atoms with Crippen molar-refractivity contribution in [2.45, 2.75) is 37.5 Å². The Balaban J connectivity index is 1.77. The van der Waals surface area contributed by atoms with E-state index < -0.39 is 0 Å². The van der Waals surface area contributed by atoms with Crippen molar-refractivity contribution in [3.63, 3.8) is 0 Å². The minimum Gasteiger partial charge on any atom is -0.377 e. The van der Waals surface area contributed by atoms with Crippen molar-refractivity contribution in [1.82, 2.24) is 4.98 Å². The summed E-state index contributed by atoms with van der Waals surface area (Å²) in [5.74, 6) is 0. The number of nitriles is 1. The molecule has 3 atom stereocenters. The molecule has 1 aromatic heterocycles. The van der Waals surface area contributed by atoms with Gasteiger partial charge in [-0.2, -0.15) is 5.26 Å². The molecule has 0 aromatic carbocycles. The molecule has 0 spiro atoms. The second-order valence-electron chi connectivity index (χ2n) is 4.37. The molecule has 3 unspecified atom stereocenters. The third-order valence-electron chi connectivity index (χ3n) is 3.36. The number of hydrogen-bond acceptors (Lipinski definition) is 4. The number of aromatic nitrogens is 1. The molecule has 2 bridgehead atoms. The zero-order valence-electron chi connectivity index (χ0n) is 8.89. The van der Waals surface area contributed by atoms with Crippen molar-refractivity contribution in [3.8, 4) is 6.07 Å². The number of rotatable bonds is 2. The predicted octanol–water partition coefficient (Wildman–Crippen LogP) is 1.69. The number of nitrogens with one attached hydrogen (secondary N) is 1. The van der Waals surface area contributed by atoms with Gasteiger partial charge in [-0.15, -0.1) is 0 Å². The van der Waals surface area contributed by atoms with Gasteiger partial charge in [0.05, 0.1) is 23.9 Å². The number of hydrogen-bond donors (Lipinski definition) is 1. The van der Waals surface area contributed by atoms with Crippen molar-refractivity contribution >= 4 is 5.69 Å². The largest absolute Gasteiger partial charge is 0.377 e. The first-order valence-electron chi connectivity index (χ1n) is 5.64. The van der Waals surface area contributed by atoms with E-state index in [1.807, 2.05) is 12.1 Å². The van der Waals surface area contributed by atoms with E-state index in [2.05, 4.69) is 16.4 Å². The van der Waals surface area contributed by atoms with Gasteiger partial charge in [0.25, 0.3) is 0 Å². The van der Waals surface area contributed by atoms with Gasteiger partial charge in [-0.05, 0) is 31.4 Å². The van der Waals surface area contributed by atoms with Crippen molar-refractivity contribution in [2.24, 2.45) is 0 Å². The van der Waals surface area contributed by atoms with E-state index in [0.717, 1.165) is 18.5 Å². The second-order valence-corrected chi connectivity index (χ2v) is 4.37. The Morgan fingerprint density at radius 3 is 3.12 bits per heavy atom. The highest BCUT2D eigenvalue weighted by Crippen LogP contribution is 2.36. The van der Waals surface area contributed by atoms with Crippen LogP contribution in [0.5, 0.6) is 0 Å². The van der Waals surface area contributed by atoms with Crippen LogP contribution < -0.4 is 5.32 Å². The molecule has 0 amide bonds. The molecule has 1 N–H and O–H groups in total. The molecule has 0 radical (unpaired) electrons. The Bertz CT molecular complexity index is 440. The average molecular weight is 215 g/mol. The minimum atomic E-state index is 0.316. The van der Waals surface area contributed by atoms with E-state index in [1.165, 1.54) is 6.42 Å². The molecular weight excluding hydrogens is 202 g/mol. The maximum atomic E-state index is 8.94. The molecule has 0 aliphatic carbocycles. The first-order chi connectivity index (χ1) is 7.86. The van der Waals surface area contributed by atoms with Crippen LogP contribution in [-0.2, 0) is 4.74 Å². The Hall–Kier alpha value is -1.60. The molecule has 2 aliphatic rings. The van der Waals surface area contributed by atoms with Gasteiger partial charge in [0.2, 0.25) is 0 Å². The van der Waals surface area contributed by atoms with E-state index >= 15 is 0 Å². The zero-order valence-corrected chi connectivity index (χ0v) is 8.89. The quantitative estimate of drug-likeness (QED) is 0.815. The lowest BCUT2D eigenvalue weighted by Gasteiger charge is -2.21. The third-order valence-corrected chi connectivity index (χ3v) is 3.36. The molecule has 2 saturated heterocycles. The monoisotopic (exact) mass is 215 g/mol. The van der Waals surface area contributed by atoms with Gasteiger partial charge in [0, 0.05) is 6.20 Å². The van der Waals surface area contributed by atoms with Crippen molar-refractivity contribution in [3.05, 3.63) is 24.0 Å². The van der Waals surface area contributed by atoms with Crippen LogP contribution in [0.25, 0.3) is 0 Å². The van der Waals surface area contributed by atoms with Gasteiger partial charge < -0.3 is 10.1 Å². The van der Waals surface area contributed by atoms with E-state index in [4.69, 9.17) is 10.00 Å². The van der Waals surface area contributed by atoms with E-state index in [9.17, 15) is 0 Å². The number of anilines is 1. The van der Waals surface area contributed by atoms with E-state index in [-0.39, 0.29) is 0 Å². The highest BCUT2D eigenvalue weighted by Gasteiger charge is 2.40. The smallest absolute Gasteiger partial charge is 0.163 e. The topological polar surface area (TPSA) is 57.9 Å². The number of fused-ring (bicyclic) bond motifs is 2. The number of nitrogens with zero attached hydrogens (tertiary/aromatic N) is 2. The minimum absolute atomic E-state index is 0.316. The maximum Gasteiger partial charge on any atom is 0.163 e. The Morgan fingerprint density at radius 1 is 1.50 bits per heavy atom. The summed E-state index contributed by atoms with van der Waals surface area (Å²) in [6.45, 7) is 0. The summed E-state index contributed by atoms with van der Waals surface area (Å²) in [5.41, 5.74) is 1.29. The molecule has 0 saturated carbocycles. The normalized spacial score (nSPS) is 31.3. The van der Waals surface area contributed by atoms with E-state index in [0.29, 0.717) is 23.9 Å². The van der Waals surface area contributed by atoms with Gasteiger partial charge in [0.1, 0.15) is 6.07 Å². The Labute approximate surface area is 94.2 Å². The Kier molecular flexibility index (Phi) is 2.26. The molecule has 4 heteroatoms. The molecule has 2 fully saturated rings. The van der Waals surface area contributed by atoms with Gasteiger partial charge in [-0.1, -0.05) is 0 Å². The lowest BCUT2D eigenvalue weighted by Crippen LogP contribution is -2.30. The number of pyridine rings is 1.